The van der Waals surface area contributed by atoms with Gasteiger partial charge >= 0.3 is 0 Å². The van der Waals surface area contributed by atoms with Crippen LogP contribution in [0.25, 0.3) is 16.5 Å². The number of para-hydroxylation sites is 1. The van der Waals surface area contributed by atoms with Crippen LogP contribution in [-0.4, -0.2) is 48.7 Å². The molecule has 4 aromatic rings. The minimum Gasteiger partial charge on any atom is -0.497 e. The number of carbonyl (C=O) groups excluding carboxylic acids is 1. The van der Waals surface area contributed by atoms with Crippen molar-refractivity contribution >= 4 is 22.4 Å². The van der Waals surface area contributed by atoms with Crippen molar-refractivity contribution < 1.29 is 9.53 Å². The number of pyridine rings is 1. The van der Waals surface area contributed by atoms with Crippen molar-refractivity contribution in [3.8, 4) is 11.4 Å². The molecule has 0 saturated carbocycles. The second-order valence-corrected chi connectivity index (χ2v) is 8.08. The summed E-state index contributed by atoms with van der Waals surface area (Å²) >= 11 is 0. The largest absolute Gasteiger partial charge is 0.497 e. The van der Waals surface area contributed by atoms with E-state index in [4.69, 9.17) is 4.74 Å². The molecule has 166 valence electrons. The van der Waals surface area contributed by atoms with Crippen LogP contribution in [0.2, 0.25) is 0 Å². The van der Waals surface area contributed by atoms with E-state index >= 15 is 0 Å². The number of fused-ring (bicyclic) bond motifs is 1. The van der Waals surface area contributed by atoms with Gasteiger partial charge in [0.1, 0.15) is 5.75 Å². The van der Waals surface area contributed by atoms with E-state index < -0.39 is 0 Å². The van der Waals surface area contributed by atoms with E-state index in [0.29, 0.717) is 40.9 Å². The number of piperazine rings is 1. The summed E-state index contributed by atoms with van der Waals surface area (Å²) in [5.74, 6) is 0.654. The Morgan fingerprint density at radius 3 is 2.06 bits per heavy atom. The number of ether oxygens (including phenoxy) is 1. The van der Waals surface area contributed by atoms with Crippen molar-refractivity contribution in [2.24, 2.45) is 0 Å². The summed E-state index contributed by atoms with van der Waals surface area (Å²) in [7, 11) is 1.60. The molecule has 1 aromatic heterocycles. The molecule has 0 bridgehead atoms. The Morgan fingerprint density at radius 1 is 0.758 bits per heavy atom. The van der Waals surface area contributed by atoms with Crippen LogP contribution in [0.15, 0.2) is 89.9 Å². The zero-order chi connectivity index (χ0) is 22.8. The maximum atomic E-state index is 13.6. The Morgan fingerprint density at radius 2 is 1.39 bits per heavy atom. The highest BCUT2D eigenvalue weighted by molar-refractivity contribution is 6.06. The van der Waals surface area contributed by atoms with Gasteiger partial charge in [0.15, 0.2) is 0 Å². The SMILES string of the molecule is COc1ccc(-n2cc(C(=O)N3CCN(c4ccccc4)CC3)c3ccccc3c2=O)cc1. The molecule has 33 heavy (non-hydrogen) atoms. The van der Waals surface area contributed by atoms with Gasteiger partial charge in [0, 0.05) is 54.5 Å². The number of hydrogen-bond donors (Lipinski definition) is 0. The van der Waals surface area contributed by atoms with Crippen LogP contribution in [0.4, 0.5) is 5.69 Å². The molecule has 6 nitrogen and oxygen atoms in total. The van der Waals surface area contributed by atoms with Gasteiger partial charge in [-0.25, -0.2) is 0 Å². The Labute approximate surface area is 192 Å². The lowest BCUT2D eigenvalue weighted by Crippen LogP contribution is -2.49. The number of benzene rings is 3. The van der Waals surface area contributed by atoms with Gasteiger partial charge < -0.3 is 14.5 Å². The molecule has 3 aromatic carbocycles. The van der Waals surface area contributed by atoms with Crippen molar-refractivity contribution in [1.82, 2.24) is 9.47 Å². The number of aromatic nitrogens is 1. The quantitative estimate of drug-likeness (QED) is 0.483. The normalized spacial score (nSPS) is 13.8. The second kappa shape index (κ2) is 8.82. The summed E-state index contributed by atoms with van der Waals surface area (Å²) < 4.78 is 6.79. The Bertz CT molecular complexity index is 1340. The number of anilines is 1. The number of amides is 1. The molecule has 0 N–H and O–H groups in total. The molecule has 5 rings (SSSR count). The number of carbonyl (C=O) groups is 1. The fraction of sp³-hybridized carbons (Fsp3) is 0.185. The lowest BCUT2D eigenvalue weighted by molar-refractivity contribution is 0.0748. The highest BCUT2D eigenvalue weighted by Gasteiger charge is 2.25. The molecule has 1 aliphatic heterocycles. The average molecular weight is 440 g/mol. The lowest BCUT2D eigenvalue weighted by Gasteiger charge is -2.36. The minimum atomic E-state index is -0.152. The molecule has 0 atom stereocenters. The van der Waals surface area contributed by atoms with E-state index in [0.717, 1.165) is 13.1 Å². The van der Waals surface area contributed by atoms with Crippen LogP contribution >= 0.6 is 0 Å². The maximum absolute atomic E-state index is 13.6. The molecule has 1 amide bonds. The number of rotatable bonds is 4. The first kappa shape index (κ1) is 20.8. The molecule has 1 aliphatic rings. The molecule has 0 aliphatic carbocycles. The average Bonchev–Trinajstić information content (AvgIpc) is 2.89. The molecule has 0 radical (unpaired) electrons. The van der Waals surface area contributed by atoms with Gasteiger partial charge in [0.2, 0.25) is 0 Å². The van der Waals surface area contributed by atoms with Crippen molar-refractivity contribution in [2.45, 2.75) is 0 Å². The first-order valence-corrected chi connectivity index (χ1v) is 11.0. The highest BCUT2D eigenvalue weighted by atomic mass is 16.5. The topological polar surface area (TPSA) is 54.8 Å². The first-order valence-electron chi connectivity index (χ1n) is 11.0. The monoisotopic (exact) mass is 439 g/mol. The van der Waals surface area contributed by atoms with E-state index in [1.165, 1.54) is 5.69 Å². The fourth-order valence-electron chi connectivity index (χ4n) is 4.37. The van der Waals surface area contributed by atoms with Crippen molar-refractivity contribution in [1.29, 1.82) is 0 Å². The van der Waals surface area contributed by atoms with Crippen LogP contribution in [0.5, 0.6) is 5.75 Å². The van der Waals surface area contributed by atoms with Crippen LogP contribution in [0.1, 0.15) is 10.4 Å². The zero-order valence-electron chi connectivity index (χ0n) is 18.5. The van der Waals surface area contributed by atoms with E-state index in [2.05, 4.69) is 17.0 Å². The summed E-state index contributed by atoms with van der Waals surface area (Å²) in [5, 5.41) is 1.21. The second-order valence-electron chi connectivity index (χ2n) is 8.08. The van der Waals surface area contributed by atoms with Gasteiger partial charge in [-0.05, 0) is 42.5 Å². The van der Waals surface area contributed by atoms with E-state index in [1.54, 1.807) is 36.1 Å². The predicted octanol–water partition coefficient (Wildman–Crippen LogP) is 3.96. The zero-order valence-corrected chi connectivity index (χ0v) is 18.5. The number of hydrogen-bond acceptors (Lipinski definition) is 4. The lowest BCUT2D eigenvalue weighted by atomic mass is 10.1. The fourth-order valence-corrected chi connectivity index (χ4v) is 4.37. The van der Waals surface area contributed by atoms with E-state index in [1.807, 2.05) is 53.4 Å². The van der Waals surface area contributed by atoms with Gasteiger partial charge in [0.25, 0.3) is 11.5 Å². The third kappa shape index (κ3) is 3.96. The van der Waals surface area contributed by atoms with Gasteiger partial charge in [0.05, 0.1) is 12.7 Å². The molecule has 0 spiro atoms. The van der Waals surface area contributed by atoms with Crippen molar-refractivity contribution in [2.75, 3.05) is 38.2 Å². The minimum absolute atomic E-state index is 0.0545. The highest BCUT2D eigenvalue weighted by Crippen LogP contribution is 2.22. The maximum Gasteiger partial charge on any atom is 0.262 e. The molecule has 1 fully saturated rings. The van der Waals surface area contributed by atoms with Gasteiger partial charge in [-0.1, -0.05) is 36.4 Å². The van der Waals surface area contributed by atoms with Gasteiger partial charge in [-0.2, -0.15) is 0 Å². The standard InChI is InChI=1S/C27H25N3O3/c1-33-22-13-11-21(12-14-22)30-19-25(23-9-5-6-10-24(23)27(30)32)26(31)29-17-15-28(16-18-29)20-7-3-2-4-8-20/h2-14,19H,15-18H2,1H3. The summed E-state index contributed by atoms with van der Waals surface area (Å²) in [5.41, 5.74) is 2.24. The third-order valence-corrected chi connectivity index (χ3v) is 6.19. The summed E-state index contributed by atoms with van der Waals surface area (Å²) in [6.45, 7) is 2.80. The van der Waals surface area contributed by atoms with Gasteiger partial charge in [-0.15, -0.1) is 0 Å². The van der Waals surface area contributed by atoms with E-state index in [-0.39, 0.29) is 11.5 Å². The molecular weight excluding hydrogens is 414 g/mol. The Hall–Kier alpha value is -4.06. The van der Waals surface area contributed by atoms with Crippen LogP contribution in [-0.2, 0) is 0 Å². The molecule has 1 saturated heterocycles. The predicted molar refractivity (Wildman–Crippen MR) is 131 cm³/mol. The number of methoxy groups -OCH3 is 1. The summed E-state index contributed by atoms with van der Waals surface area (Å²) in [6.07, 6.45) is 1.68. The van der Waals surface area contributed by atoms with Crippen LogP contribution in [0, 0.1) is 0 Å². The van der Waals surface area contributed by atoms with Crippen molar-refractivity contribution in [3.63, 3.8) is 0 Å². The molecule has 6 heteroatoms. The Kier molecular flexibility index (Phi) is 5.57. The summed E-state index contributed by atoms with van der Waals surface area (Å²) in [6, 6.07) is 24.8. The summed E-state index contributed by atoms with van der Waals surface area (Å²) in [4.78, 5) is 31.0. The molecular formula is C27H25N3O3. The molecule has 0 unspecified atom stereocenters. The van der Waals surface area contributed by atoms with Crippen LogP contribution < -0.4 is 15.2 Å². The van der Waals surface area contributed by atoms with Crippen LogP contribution in [0.3, 0.4) is 0 Å². The van der Waals surface area contributed by atoms with Gasteiger partial charge in [-0.3, -0.25) is 14.2 Å². The first-order chi connectivity index (χ1) is 16.2. The van der Waals surface area contributed by atoms with Crippen molar-refractivity contribution in [3.05, 3.63) is 101 Å². The Balaban J connectivity index is 1.49. The smallest absolute Gasteiger partial charge is 0.262 e. The number of nitrogens with zero attached hydrogens (tertiary/aromatic N) is 3. The molecule has 2 heterocycles. The van der Waals surface area contributed by atoms with E-state index in [9.17, 15) is 9.59 Å². The third-order valence-electron chi connectivity index (χ3n) is 6.19.